The van der Waals surface area contributed by atoms with Crippen molar-refractivity contribution in [2.75, 3.05) is 20.8 Å². The first kappa shape index (κ1) is 17.0. The van der Waals surface area contributed by atoms with E-state index in [1.807, 2.05) is 31.3 Å². The van der Waals surface area contributed by atoms with Crippen LogP contribution >= 0.6 is 0 Å². The number of carbonyl (C=O) groups excluding carboxylic acids is 2. The lowest BCUT2D eigenvalue weighted by atomic mass is 9.73. The minimum Gasteiger partial charge on any atom is -0.497 e. The molecule has 1 unspecified atom stereocenters. The fraction of sp³-hybridized carbons (Fsp3) is 0.579. The molecule has 0 radical (unpaired) electrons. The lowest BCUT2D eigenvalue weighted by Gasteiger charge is -2.30. The number of likely N-dealkylation sites (tertiary alicyclic amines) is 1. The molecule has 130 valence electrons. The normalized spacial score (nSPS) is 21.3. The fourth-order valence-corrected chi connectivity index (χ4v) is 4.06. The fourth-order valence-electron chi connectivity index (χ4n) is 4.06. The van der Waals surface area contributed by atoms with Crippen molar-refractivity contribution in [1.82, 2.24) is 4.90 Å². The van der Waals surface area contributed by atoms with Crippen molar-refractivity contribution in [1.29, 1.82) is 0 Å². The predicted octanol–water partition coefficient (Wildman–Crippen LogP) is 1.38. The van der Waals surface area contributed by atoms with Gasteiger partial charge in [0.25, 0.3) is 0 Å². The monoisotopic (exact) mass is 331 g/mol. The zero-order valence-electron chi connectivity index (χ0n) is 14.6. The summed E-state index contributed by atoms with van der Waals surface area (Å²) < 4.78 is 5.17. The number of imide groups is 1. The molecular weight excluding hydrogens is 304 g/mol. The summed E-state index contributed by atoms with van der Waals surface area (Å²) in [5.41, 5.74) is 0.787. The molecular formula is C19H27N2O3+. The van der Waals surface area contributed by atoms with Crippen LogP contribution in [0.2, 0.25) is 0 Å². The van der Waals surface area contributed by atoms with Crippen LogP contribution in [0.15, 0.2) is 24.3 Å². The van der Waals surface area contributed by atoms with E-state index >= 15 is 0 Å². The third-order valence-corrected chi connectivity index (χ3v) is 5.39. The third-order valence-electron chi connectivity index (χ3n) is 5.39. The molecule has 1 aromatic carbocycles. The van der Waals surface area contributed by atoms with E-state index in [-0.39, 0.29) is 17.2 Å². The highest BCUT2D eigenvalue weighted by molar-refractivity contribution is 6.05. The van der Waals surface area contributed by atoms with Crippen molar-refractivity contribution in [2.24, 2.45) is 5.41 Å². The van der Waals surface area contributed by atoms with Crippen LogP contribution in [0.5, 0.6) is 5.75 Å². The summed E-state index contributed by atoms with van der Waals surface area (Å²) >= 11 is 0. The average Bonchev–Trinajstić information content (AvgIpc) is 2.80. The van der Waals surface area contributed by atoms with Gasteiger partial charge in [0, 0.05) is 12.0 Å². The summed E-state index contributed by atoms with van der Waals surface area (Å²) in [6.07, 6.45) is 5.51. The number of benzene rings is 1. The quantitative estimate of drug-likeness (QED) is 0.829. The maximum absolute atomic E-state index is 12.8. The van der Waals surface area contributed by atoms with Gasteiger partial charge in [-0.05, 0) is 37.1 Å². The number of hydrogen-bond donors (Lipinski definition) is 1. The molecule has 1 spiro atoms. The van der Waals surface area contributed by atoms with Gasteiger partial charge in [-0.25, -0.2) is 4.90 Å². The lowest BCUT2D eigenvalue weighted by molar-refractivity contribution is -0.901. The van der Waals surface area contributed by atoms with Crippen LogP contribution in [0.3, 0.4) is 0 Å². The smallest absolute Gasteiger partial charge is 0.240 e. The molecule has 24 heavy (non-hydrogen) atoms. The Morgan fingerprint density at radius 1 is 1.12 bits per heavy atom. The summed E-state index contributed by atoms with van der Waals surface area (Å²) in [6.45, 7) is 1.22. The van der Waals surface area contributed by atoms with E-state index < -0.39 is 0 Å². The molecule has 1 heterocycles. The predicted molar refractivity (Wildman–Crippen MR) is 90.4 cm³/mol. The molecule has 2 fully saturated rings. The van der Waals surface area contributed by atoms with Crippen molar-refractivity contribution in [3.63, 3.8) is 0 Å². The molecule has 1 N–H and O–H groups in total. The second-order valence-corrected chi connectivity index (χ2v) is 7.28. The Morgan fingerprint density at radius 3 is 2.42 bits per heavy atom. The standard InChI is InChI=1S/C19H26N2O3/c1-20(13-15-6-8-16(24-2)9-7-15)14-21-17(22)12-19(18(21)23)10-4-3-5-11-19/h6-9H,3-5,10-14H2,1-2H3/p+1. The van der Waals surface area contributed by atoms with Crippen molar-refractivity contribution < 1.29 is 19.2 Å². The highest BCUT2D eigenvalue weighted by Gasteiger charge is 2.52. The van der Waals surface area contributed by atoms with Gasteiger partial charge in [0.15, 0.2) is 6.67 Å². The molecule has 2 amide bonds. The molecule has 5 nitrogen and oxygen atoms in total. The van der Waals surface area contributed by atoms with Crippen molar-refractivity contribution in [3.05, 3.63) is 29.8 Å². The second kappa shape index (κ2) is 6.93. The van der Waals surface area contributed by atoms with Gasteiger partial charge in [0.05, 0.1) is 19.6 Å². The zero-order chi connectivity index (χ0) is 17.2. The Bertz CT molecular complexity index is 606. The van der Waals surface area contributed by atoms with Gasteiger partial charge in [-0.1, -0.05) is 19.3 Å². The van der Waals surface area contributed by atoms with Crippen LogP contribution in [0, 0.1) is 5.41 Å². The number of rotatable bonds is 5. The molecule has 0 bridgehead atoms. The summed E-state index contributed by atoms with van der Waals surface area (Å²) in [7, 11) is 3.68. The Hall–Kier alpha value is -1.88. The van der Waals surface area contributed by atoms with E-state index in [0.717, 1.165) is 42.9 Å². The zero-order valence-corrected chi connectivity index (χ0v) is 14.6. The molecule has 1 aliphatic heterocycles. The minimum atomic E-state index is -0.379. The van der Waals surface area contributed by atoms with Gasteiger partial charge in [-0.3, -0.25) is 9.59 Å². The number of nitrogens with one attached hydrogen (secondary N) is 1. The largest absolute Gasteiger partial charge is 0.497 e. The molecule has 2 aliphatic rings. The maximum Gasteiger partial charge on any atom is 0.240 e. The Balaban J connectivity index is 1.62. The Kier molecular flexibility index (Phi) is 4.90. The Labute approximate surface area is 143 Å². The molecule has 1 saturated carbocycles. The lowest BCUT2D eigenvalue weighted by Crippen LogP contribution is -3.09. The molecule has 0 aromatic heterocycles. The van der Waals surface area contributed by atoms with Gasteiger partial charge in [0.2, 0.25) is 11.8 Å². The van der Waals surface area contributed by atoms with E-state index in [2.05, 4.69) is 0 Å². The summed E-state index contributed by atoms with van der Waals surface area (Å²) in [5.74, 6) is 0.915. The third kappa shape index (κ3) is 3.31. The van der Waals surface area contributed by atoms with E-state index in [1.54, 1.807) is 7.11 Å². The number of methoxy groups -OCH3 is 1. The molecule has 1 aromatic rings. The summed E-state index contributed by atoms with van der Waals surface area (Å²) in [5, 5.41) is 0. The summed E-state index contributed by atoms with van der Waals surface area (Å²) in [4.78, 5) is 27.9. The molecule has 1 atom stereocenters. The first-order valence-electron chi connectivity index (χ1n) is 8.83. The number of nitrogens with zero attached hydrogens (tertiary/aromatic N) is 1. The van der Waals surface area contributed by atoms with Crippen LogP contribution in [-0.4, -0.2) is 37.5 Å². The van der Waals surface area contributed by atoms with Crippen LogP contribution in [0.25, 0.3) is 0 Å². The van der Waals surface area contributed by atoms with Crippen molar-refractivity contribution in [2.45, 2.75) is 45.1 Å². The minimum absolute atomic E-state index is 0.0102. The van der Waals surface area contributed by atoms with Crippen molar-refractivity contribution >= 4 is 11.8 Å². The van der Waals surface area contributed by atoms with Gasteiger partial charge in [-0.2, -0.15) is 0 Å². The van der Waals surface area contributed by atoms with Crippen molar-refractivity contribution in [3.8, 4) is 5.75 Å². The van der Waals surface area contributed by atoms with E-state index in [0.29, 0.717) is 13.1 Å². The molecule has 1 saturated heterocycles. The molecule has 3 rings (SSSR count). The van der Waals surface area contributed by atoms with E-state index in [9.17, 15) is 9.59 Å². The number of ether oxygens (including phenoxy) is 1. The van der Waals surface area contributed by atoms with Crippen LogP contribution in [0.4, 0.5) is 0 Å². The maximum atomic E-state index is 12.8. The summed E-state index contributed by atoms with van der Waals surface area (Å²) in [6, 6.07) is 7.93. The van der Waals surface area contributed by atoms with Crippen LogP contribution < -0.4 is 9.64 Å². The van der Waals surface area contributed by atoms with Gasteiger partial charge < -0.3 is 9.64 Å². The SMILES string of the molecule is COc1ccc(C[NH+](C)CN2C(=O)CC3(CCCCC3)C2=O)cc1. The molecule has 1 aliphatic carbocycles. The highest BCUT2D eigenvalue weighted by Crippen LogP contribution is 2.44. The van der Waals surface area contributed by atoms with E-state index in [4.69, 9.17) is 4.74 Å². The topological polar surface area (TPSA) is 51.1 Å². The number of quaternary nitrogens is 1. The number of hydrogen-bond acceptors (Lipinski definition) is 3. The Morgan fingerprint density at radius 2 is 1.79 bits per heavy atom. The number of carbonyl (C=O) groups is 2. The first-order chi connectivity index (χ1) is 11.5. The number of amides is 2. The average molecular weight is 331 g/mol. The van der Waals surface area contributed by atoms with Gasteiger partial charge in [0.1, 0.15) is 12.3 Å². The van der Waals surface area contributed by atoms with E-state index in [1.165, 1.54) is 16.9 Å². The highest BCUT2D eigenvalue weighted by atomic mass is 16.5. The van der Waals surface area contributed by atoms with Gasteiger partial charge >= 0.3 is 0 Å². The second-order valence-electron chi connectivity index (χ2n) is 7.28. The van der Waals surface area contributed by atoms with Gasteiger partial charge in [-0.15, -0.1) is 0 Å². The van der Waals surface area contributed by atoms with Crippen LogP contribution in [0.1, 0.15) is 44.1 Å². The molecule has 5 heteroatoms. The van der Waals surface area contributed by atoms with Crippen LogP contribution in [-0.2, 0) is 16.1 Å². The first-order valence-corrected chi connectivity index (χ1v) is 8.83.